The van der Waals surface area contributed by atoms with Crippen molar-refractivity contribution in [2.45, 2.75) is 33.6 Å². The van der Waals surface area contributed by atoms with Crippen LogP contribution in [0.2, 0.25) is 0 Å². The summed E-state index contributed by atoms with van der Waals surface area (Å²) in [6.07, 6.45) is 4.93. The molecule has 0 saturated heterocycles. The van der Waals surface area contributed by atoms with E-state index in [-0.39, 0.29) is 0 Å². The third-order valence-electron chi connectivity index (χ3n) is 1.46. The van der Waals surface area contributed by atoms with Gasteiger partial charge in [0.05, 0.1) is 5.97 Å². The van der Waals surface area contributed by atoms with E-state index in [0.29, 0.717) is 0 Å². The van der Waals surface area contributed by atoms with Gasteiger partial charge in [-0.05, 0) is 39.7 Å². The van der Waals surface area contributed by atoms with Crippen molar-refractivity contribution in [1.29, 1.82) is 0 Å². The second-order valence-electron chi connectivity index (χ2n) is 3.13. The van der Waals surface area contributed by atoms with Crippen LogP contribution in [0, 0.1) is 0 Å². The summed E-state index contributed by atoms with van der Waals surface area (Å²) in [5.41, 5.74) is 2.11. The fourth-order valence-corrected chi connectivity index (χ4v) is 0.862. The first-order valence-electron chi connectivity index (χ1n) is 4.04. The zero-order chi connectivity index (χ0) is 9.56. The van der Waals surface area contributed by atoms with Crippen LogP contribution in [0.4, 0.5) is 0 Å². The van der Waals surface area contributed by atoms with Crippen LogP contribution in [0.1, 0.15) is 33.6 Å². The topological polar surface area (TPSA) is 40.1 Å². The molecule has 0 unspecified atom stereocenters. The number of hydrogen-bond donors (Lipinski definition) is 0. The van der Waals surface area contributed by atoms with Gasteiger partial charge in [0.25, 0.3) is 0 Å². The number of allylic oxidation sites excluding steroid dienone is 3. The van der Waals surface area contributed by atoms with E-state index in [1.165, 1.54) is 5.57 Å². The zero-order valence-electron chi connectivity index (χ0n) is 7.89. The van der Waals surface area contributed by atoms with E-state index in [0.717, 1.165) is 24.5 Å². The Bertz CT molecular complexity index is 208. The van der Waals surface area contributed by atoms with Crippen molar-refractivity contribution < 1.29 is 9.90 Å². The zero-order valence-corrected chi connectivity index (χ0v) is 7.89. The first-order valence-corrected chi connectivity index (χ1v) is 4.04. The summed E-state index contributed by atoms with van der Waals surface area (Å²) >= 11 is 0. The normalized spacial score (nSPS) is 11.1. The van der Waals surface area contributed by atoms with E-state index in [2.05, 4.69) is 6.08 Å². The third-order valence-corrected chi connectivity index (χ3v) is 1.46. The van der Waals surface area contributed by atoms with Crippen LogP contribution >= 0.6 is 0 Å². The van der Waals surface area contributed by atoms with Crippen molar-refractivity contribution >= 4 is 5.97 Å². The first-order chi connectivity index (χ1) is 5.52. The summed E-state index contributed by atoms with van der Waals surface area (Å²) in [6.45, 7) is 5.85. The molecule has 2 heteroatoms. The van der Waals surface area contributed by atoms with Crippen molar-refractivity contribution in [2.24, 2.45) is 0 Å². The number of carboxylic acids is 1. The molecule has 2 nitrogen and oxygen atoms in total. The van der Waals surface area contributed by atoms with E-state index in [1.54, 1.807) is 6.92 Å². The van der Waals surface area contributed by atoms with Gasteiger partial charge in [-0.2, -0.15) is 0 Å². The van der Waals surface area contributed by atoms with Crippen molar-refractivity contribution in [3.63, 3.8) is 0 Å². The first kappa shape index (κ1) is 11.0. The number of carbonyl (C=O) groups is 1. The third kappa shape index (κ3) is 7.06. The van der Waals surface area contributed by atoms with Crippen LogP contribution in [0.3, 0.4) is 0 Å². The molecule has 0 saturated carbocycles. The van der Waals surface area contributed by atoms with Crippen LogP contribution in [-0.4, -0.2) is 5.97 Å². The van der Waals surface area contributed by atoms with Crippen LogP contribution in [-0.2, 0) is 4.79 Å². The van der Waals surface area contributed by atoms with E-state index < -0.39 is 5.97 Å². The second kappa shape index (κ2) is 5.58. The molecule has 0 radical (unpaired) electrons. The highest BCUT2D eigenvalue weighted by Crippen LogP contribution is 2.05. The molecule has 68 valence electrons. The molecule has 0 N–H and O–H groups in total. The van der Waals surface area contributed by atoms with Gasteiger partial charge in [0.15, 0.2) is 0 Å². The predicted molar refractivity (Wildman–Crippen MR) is 47.4 cm³/mol. The van der Waals surface area contributed by atoms with Gasteiger partial charge in [0.1, 0.15) is 0 Å². The van der Waals surface area contributed by atoms with E-state index in [4.69, 9.17) is 0 Å². The fraction of sp³-hybridized carbons (Fsp3) is 0.500. The predicted octanol–water partition coefficient (Wildman–Crippen LogP) is 1.43. The Labute approximate surface area is 73.6 Å². The molecule has 0 spiro atoms. The lowest BCUT2D eigenvalue weighted by atomic mass is 10.1. The average Bonchev–Trinajstić information content (AvgIpc) is 1.84. The average molecular weight is 167 g/mol. The minimum absolute atomic E-state index is 0.791. The molecule has 0 aromatic carbocycles. The molecule has 0 fully saturated rings. The van der Waals surface area contributed by atoms with Gasteiger partial charge in [0.2, 0.25) is 0 Å². The number of carbonyl (C=O) groups excluding carboxylic acids is 1. The Kier molecular flexibility index (Phi) is 5.09. The Morgan fingerprint density at radius 3 is 2.33 bits per heavy atom. The number of rotatable bonds is 4. The number of carboxylic acid groups (broad SMARTS) is 1. The van der Waals surface area contributed by atoms with E-state index >= 15 is 0 Å². The molecule has 0 amide bonds. The highest BCUT2D eigenvalue weighted by Gasteiger charge is 1.88. The molecule has 0 atom stereocenters. The molecule has 12 heavy (non-hydrogen) atoms. The minimum Gasteiger partial charge on any atom is -0.545 e. The highest BCUT2D eigenvalue weighted by molar-refractivity contribution is 5.78. The Morgan fingerprint density at radius 1 is 1.33 bits per heavy atom. The van der Waals surface area contributed by atoms with Crippen LogP contribution < -0.4 is 5.11 Å². The molecule has 0 aromatic heterocycles. The maximum absolute atomic E-state index is 10.1. The van der Waals surface area contributed by atoms with Crippen molar-refractivity contribution in [2.75, 3.05) is 0 Å². The second-order valence-corrected chi connectivity index (χ2v) is 3.13. The minimum atomic E-state index is -1.11. The summed E-state index contributed by atoms with van der Waals surface area (Å²) in [7, 11) is 0. The lowest BCUT2D eigenvalue weighted by Crippen LogP contribution is -2.19. The lowest BCUT2D eigenvalue weighted by Gasteiger charge is -1.99. The molecule has 0 bridgehead atoms. The van der Waals surface area contributed by atoms with Gasteiger partial charge in [-0.25, -0.2) is 0 Å². The monoisotopic (exact) mass is 167 g/mol. The van der Waals surface area contributed by atoms with Gasteiger partial charge >= 0.3 is 0 Å². The van der Waals surface area contributed by atoms with Crippen molar-refractivity contribution in [1.82, 2.24) is 0 Å². The summed E-state index contributed by atoms with van der Waals surface area (Å²) in [6, 6.07) is 0. The summed E-state index contributed by atoms with van der Waals surface area (Å²) < 4.78 is 0. The summed E-state index contributed by atoms with van der Waals surface area (Å²) in [5, 5.41) is 10.1. The quantitative estimate of drug-likeness (QED) is 0.469. The van der Waals surface area contributed by atoms with Gasteiger partial charge in [0, 0.05) is 0 Å². The van der Waals surface area contributed by atoms with Crippen LogP contribution in [0.5, 0.6) is 0 Å². The molecule has 0 aliphatic rings. The maximum atomic E-state index is 10.1. The van der Waals surface area contributed by atoms with E-state index in [9.17, 15) is 9.90 Å². The summed E-state index contributed by atoms with van der Waals surface area (Å²) in [5.74, 6) is -1.11. The molecule has 0 aromatic rings. The molecule has 0 aliphatic carbocycles. The Balaban J connectivity index is 3.79. The number of hydrogen-bond acceptors (Lipinski definition) is 2. The van der Waals surface area contributed by atoms with Crippen LogP contribution in [0.25, 0.3) is 0 Å². The molecule has 0 rings (SSSR count). The van der Waals surface area contributed by atoms with Gasteiger partial charge in [-0.15, -0.1) is 0 Å². The van der Waals surface area contributed by atoms with E-state index in [1.807, 2.05) is 13.8 Å². The smallest absolute Gasteiger partial charge is 0.0642 e. The number of aliphatic carboxylic acids is 1. The van der Waals surface area contributed by atoms with Gasteiger partial charge in [-0.1, -0.05) is 17.2 Å². The van der Waals surface area contributed by atoms with Gasteiger partial charge in [-0.3, -0.25) is 0 Å². The highest BCUT2D eigenvalue weighted by atomic mass is 16.4. The molecule has 0 heterocycles. The van der Waals surface area contributed by atoms with Crippen molar-refractivity contribution in [3.8, 4) is 0 Å². The lowest BCUT2D eigenvalue weighted by molar-refractivity contribution is -0.297. The van der Waals surface area contributed by atoms with Crippen molar-refractivity contribution in [3.05, 3.63) is 23.3 Å². The summed E-state index contributed by atoms with van der Waals surface area (Å²) in [4.78, 5) is 10.1. The molecule has 0 aliphatic heterocycles. The van der Waals surface area contributed by atoms with Gasteiger partial charge < -0.3 is 9.90 Å². The fourth-order valence-electron chi connectivity index (χ4n) is 0.862. The SMILES string of the molecule is CC(C)=CCC/C(C)=C/C(=O)[O-]. The Morgan fingerprint density at radius 2 is 1.92 bits per heavy atom. The molecular formula is C10H15O2-. The van der Waals surface area contributed by atoms with Crippen LogP contribution in [0.15, 0.2) is 23.3 Å². The largest absolute Gasteiger partial charge is 0.545 e. The standard InChI is InChI=1S/C10H16O2/c1-8(2)5-4-6-9(3)7-10(11)12/h5,7H,4,6H2,1-3H3,(H,11,12)/p-1/b9-7+. The Hall–Kier alpha value is -1.05. The molecular weight excluding hydrogens is 152 g/mol. The maximum Gasteiger partial charge on any atom is 0.0642 e.